The van der Waals surface area contributed by atoms with Crippen LogP contribution in [0.25, 0.3) is 0 Å². The summed E-state index contributed by atoms with van der Waals surface area (Å²) in [6.45, 7) is 2.90. The summed E-state index contributed by atoms with van der Waals surface area (Å²) < 4.78 is 4.70. The first kappa shape index (κ1) is 12.0. The van der Waals surface area contributed by atoms with Crippen molar-refractivity contribution in [2.24, 2.45) is 0 Å². The lowest BCUT2D eigenvalue weighted by molar-refractivity contribution is 0.0950. The SMILES string of the molecule is CCNC(=O)c1ccc(NCc2ccon2)nn1. The van der Waals surface area contributed by atoms with Crippen molar-refractivity contribution in [2.75, 3.05) is 11.9 Å². The normalized spacial score (nSPS) is 10.1. The van der Waals surface area contributed by atoms with E-state index >= 15 is 0 Å². The first-order valence-corrected chi connectivity index (χ1v) is 5.54. The Hall–Kier alpha value is -2.44. The third kappa shape index (κ3) is 3.03. The average Bonchev–Trinajstić information content (AvgIpc) is 2.90. The van der Waals surface area contributed by atoms with Gasteiger partial charge >= 0.3 is 0 Å². The van der Waals surface area contributed by atoms with Crippen LogP contribution >= 0.6 is 0 Å². The predicted octanol–water partition coefficient (Wildman–Crippen LogP) is 0.826. The summed E-state index contributed by atoms with van der Waals surface area (Å²) in [6.07, 6.45) is 1.50. The number of amides is 1. The molecule has 0 aromatic carbocycles. The van der Waals surface area contributed by atoms with E-state index in [1.807, 2.05) is 6.92 Å². The van der Waals surface area contributed by atoms with E-state index in [-0.39, 0.29) is 5.91 Å². The molecule has 1 amide bonds. The van der Waals surface area contributed by atoms with E-state index in [0.29, 0.717) is 24.6 Å². The number of hydrogen-bond donors (Lipinski definition) is 2. The van der Waals surface area contributed by atoms with E-state index in [1.165, 1.54) is 6.26 Å². The van der Waals surface area contributed by atoms with Crippen molar-refractivity contribution in [3.63, 3.8) is 0 Å². The summed E-state index contributed by atoms with van der Waals surface area (Å²) in [6, 6.07) is 5.06. The van der Waals surface area contributed by atoms with Crippen LogP contribution in [0.4, 0.5) is 5.82 Å². The highest BCUT2D eigenvalue weighted by Crippen LogP contribution is 2.04. The number of carbonyl (C=O) groups is 1. The molecule has 2 heterocycles. The highest BCUT2D eigenvalue weighted by Gasteiger charge is 2.06. The van der Waals surface area contributed by atoms with E-state index < -0.39 is 0 Å². The molecule has 0 fully saturated rings. The molecule has 2 rings (SSSR count). The van der Waals surface area contributed by atoms with Crippen molar-refractivity contribution in [1.82, 2.24) is 20.7 Å². The molecule has 0 unspecified atom stereocenters. The Morgan fingerprint density at radius 3 is 2.83 bits per heavy atom. The number of carbonyl (C=O) groups excluding carboxylic acids is 1. The fourth-order valence-electron chi connectivity index (χ4n) is 1.31. The van der Waals surface area contributed by atoms with Gasteiger partial charge in [0.25, 0.3) is 5.91 Å². The summed E-state index contributed by atoms with van der Waals surface area (Å²) in [5.41, 5.74) is 1.06. The standard InChI is InChI=1S/C11H13N5O2/c1-2-12-11(17)9-3-4-10(15-14-9)13-7-8-5-6-18-16-8/h3-6H,2,7H2,1H3,(H,12,17)(H,13,15). The second-order valence-corrected chi connectivity index (χ2v) is 3.51. The van der Waals surface area contributed by atoms with Crippen LogP contribution in [0.2, 0.25) is 0 Å². The molecule has 0 aliphatic carbocycles. The topological polar surface area (TPSA) is 92.9 Å². The highest BCUT2D eigenvalue weighted by molar-refractivity contribution is 5.92. The van der Waals surface area contributed by atoms with E-state index in [9.17, 15) is 4.79 Å². The molecule has 0 radical (unpaired) electrons. The number of nitrogens with zero attached hydrogens (tertiary/aromatic N) is 3. The van der Waals surface area contributed by atoms with Gasteiger partial charge in [-0.15, -0.1) is 10.2 Å². The van der Waals surface area contributed by atoms with Crippen molar-refractivity contribution in [2.45, 2.75) is 13.5 Å². The molecule has 18 heavy (non-hydrogen) atoms. The predicted molar refractivity (Wildman–Crippen MR) is 63.9 cm³/mol. The van der Waals surface area contributed by atoms with Gasteiger partial charge in [-0.1, -0.05) is 5.16 Å². The van der Waals surface area contributed by atoms with E-state index in [4.69, 9.17) is 4.52 Å². The number of aromatic nitrogens is 3. The summed E-state index contributed by atoms with van der Waals surface area (Å²) in [5.74, 6) is 0.346. The Bertz CT molecular complexity index is 495. The Morgan fingerprint density at radius 1 is 1.33 bits per heavy atom. The van der Waals surface area contributed by atoms with Crippen LogP contribution in [-0.2, 0) is 6.54 Å². The zero-order chi connectivity index (χ0) is 12.8. The number of anilines is 1. The first-order chi connectivity index (χ1) is 8.79. The van der Waals surface area contributed by atoms with Crippen LogP contribution in [0.1, 0.15) is 23.1 Å². The zero-order valence-corrected chi connectivity index (χ0v) is 9.88. The van der Waals surface area contributed by atoms with Gasteiger partial charge in [-0.3, -0.25) is 4.79 Å². The quantitative estimate of drug-likeness (QED) is 0.812. The maximum atomic E-state index is 11.4. The smallest absolute Gasteiger partial charge is 0.271 e. The molecule has 0 aliphatic rings. The van der Waals surface area contributed by atoms with Gasteiger partial charge in [0.2, 0.25) is 0 Å². The molecule has 0 spiro atoms. The Kier molecular flexibility index (Phi) is 3.85. The number of hydrogen-bond acceptors (Lipinski definition) is 6. The second-order valence-electron chi connectivity index (χ2n) is 3.51. The van der Waals surface area contributed by atoms with Gasteiger partial charge in [0, 0.05) is 12.6 Å². The third-order valence-electron chi connectivity index (χ3n) is 2.18. The minimum Gasteiger partial charge on any atom is -0.364 e. The molecule has 0 saturated carbocycles. The molecule has 2 aromatic rings. The maximum absolute atomic E-state index is 11.4. The molecule has 0 atom stereocenters. The zero-order valence-electron chi connectivity index (χ0n) is 9.88. The number of rotatable bonds is 5. The van der Waals surface area contributed by atoms with Crippen molar-refractivity contribution >= 4 is 11.7 Å². The lowest BCUT2D eigenvalue weighted by Crippen LogP contribution is -2.24. The third-order valence-corrected chi connectivity index (χ3v) is 2.18. The molecule has 7 heteroatoms. The second kappa shape index (κ2) is 5.76. The molecular weight excluding hydrogens is 234 g/mol. The van der Waals surface area contributed by atoms with Crippen LogP contribution in [0, 0.1) is 0 Å². The van der Waals surface area contributed by atoms with Gasteiger partial charge < -0.3 is 15.2 Å². The van der Waals surface area contributed by atoms with Gasteiger partial charge in [-0.2, -0.15) is 0 Å². The molecule has 0 saturated heterocycles. The van der Waals surface area contributed by atoms with Gasteiger partial charge in [0.05, 0.1) is 6.54 Å². The van der Waals surface area contributed by atoms with Crippen LogP contribution < -0.4 is 10.6 Å². The van der Waals surface area contributed by atoms with Gasteiger partial charge in [-0.05, 0) is 19.1 Å². The summed E-state index contributed by atoms with van der Waals surface area (Å²) in [7, 11) is 0. The fourth-order valence-corrected chi connectivity index (χ4v) is 1.31. The van der Waals surface area contributed by atoms with Crippen molar-refractivity contribution in [3.05, 3.63) is 35.9 Å². The fraction of sp³-hybridized carbons (Fsp3) is 0.273. The van der Waals surface area contributed by atoms with Crippen molar-refractivity contribution in [3.8, 4) is 0 Å². The van der Waals surface area contributed by atoms with Crippen molar-refractivity contribution in [1.29, 1.82) is 0 Å². The highest BCUT2D eigenvalue weighted by atomic mass is 16.5. The molecular formula is C11H13N5O2. The van der Waals surface area contributed by atoms with Gasteiger partial charge in [-0.25, -0.2) is 0 Å². The van der Waals surface area contributed by atoms with E-state index in [0.717, 1.165) is 5.69 Å². The largest absolute Gasteiger partial charge is 0.364 e. The minimum atomic E-state index is -0.229. The van der Waals surface area contributed by atoms with Crippen LogP contribution in [0.3, 0.4) is 0 Å². The molecule has 0 aliphatic heterocycles. The Labute approximate surface area is 104 Å². The van der Waals surface area contributed by atoms with Crippen LogP contribution in [0.15, 0.2) is 29.0 Å². The monoisotopic (exact) mass is 247 g/mol. The van der Waals surface area contributed by atoms with Crippen molar-refractivity contribution < 1.29 is 9.32 Å². The maximum Gasteiger partial charge on any atom is 0.271 e. The summed E-state index contributed by atoms with van der Waals surface area (Å²) in [4.78, 5) is 11.4. The molecule has 2 aromatic heterocycles. The molecule has 0 bridgehead atoms. The van der Waals surface area contributed by atoms with Crippen LogP contribution in [0.5, 0.6) is 0 Å². The van der Waals surface area contributed by atoms with Crippen LogP contribution in [-0.4, -0.2) is 27.8 Å². The molecule has 94 valence electrons. The lowest BCUT2D eigenvalue weighted by atomic mass is 10.3. The number of nitrogens with one attached hydrogen (secondary N) is 2. The summed E-state index contributed by atoms with van der Waals surface area (Å²) in [5, 5.41) is 17.2. The molecule has 2 N–H and O–H groups in total. The van der Waals surface area contributed by atoms with E-state index in [1.54, 1.807) is 18.2 Å². The average molecular weight is 247 g/mol. The Morgan fingerprint density at radius 2 is 2.22 bits per heavy atom. The minimum absolute atomic E-state index is 0.229. The lowest BCUT2D eigenvalue weighted by Gasteiger charge is -2.03. The first-order valence-electron chi connectivity index (χ1n) is 5.54. The molecule has 7 nitrogen and oxygen atoms in total. The van der Waals surface area contributed by atoms with E-state index in [2.05, 4.69) is 26.0 Å². The van der Waals surface area contributed by atoms with Gasteiger partial charge in [0.1, 0.15) is 17.8 Å². The van der Waals surface area contributed by atoms with Gasteiger partial charge in [0.15, 0.2) is 5.69 Å². The summed E-state index contributed by atoms with van der Waals surface area (Å²) >= 11 is 0. The Balaban J connectivity index is 1.93.